The number of aromatic carboxylic acids is 1. The first kappa shape index (κ1) is 19.0. The lowest BCUT2D eigenvalue weighted by molar-refractivity contribution is -0.115. The average Bonchev–Trinajstić information content (AvgIpc) is 3.44. The SMILES string of the molecule is O=C1CC(c2cccc(-c3nc(C(=O)O)cs3)c2)=Nc2ccc(-n3cccc3)cc2N1. The average molecular weight is 428 g/mol. The fraction of sp³-hybridized carbons (Fsp3) is 0.0435. The first-order valence-corrected chi connectivity index (χ1v) is 10.4. The van der Waals surface area contributed by atoms with Crippen LogP contribution in [-0.2, 0) is 4.79 Å². The Bertz CT molecular complexity index is 1340. The number of nitrogens with one attached hydrogen (secondary N) is 1. The number of anilines is 1. The maximum Gasteiger partial charge on any atom is 0.355 e. The molecule has 4 aromatic rings. The zero-order valence-electron chi connectivity index (χ0n) is 16.1. The lowest BCUT2D eigenvalue weighted by Gasteiger charge is -2.08. The summed E-state index contributed by atoms with van der Waals surface area (Å²) in [6, 6.07) is 17.1. The number of hydrogen-bond donors (Lipinski definition) is 2. The van der Waals surface area contributed by atoms with E-state index in [1.165, 1.54) is 16.7 Å². The predicted molar refractivity (Wildman–Crippen MR) is 120 cm³/mol. The molecule has 0 bridgehead atoms. The number of carboxylic acids is 1. The molecule has 0 saturated heterocycles. The summed E-state index contributed by atoms with van der Waals surface area (Å²) in [4.78, 5) is 32.6. The lowest BCUT2D eigenvalue weighted by Crippen LogP contribution is -2.15. The molecule has 0 atom stereocenters. The molecule has 2 aromatic heterocycles. The fourth-order valence-electron chi connectivity index (χ4n) is 3.42. The summed E-state index contributed by atoms with van der Waals surface area (Å²) >= 11 is 1.27. The highest BCUT2D eigenvalue weighted by Crippen LogP contribution is 2.32. The predicted octanol–water partition coefficient (Wildman–Crippen LogP) is 4.76. The van der Waals surface area contributed by atoms with Gasteiger partial charge in [0.25, 0.3) is 0 Å². The molecule has 1 amide bonds. The van der Waals surface area contributed by atoms with Crippen molar-refractivity contribution < 1.29 is 14.7 Å². The van der Waals surface area contributed by atoms with Crippen LogP contribution in [0.2, 0.25) is 0 Å². The Morgan fingerprint density at radius 3 is 2.65 bits per heavy atom. The minimum atomic E-state index is -1.06. The number of aliphatic imine (C=N–C) groups is 1. The summed E-state index contributed by atoms with van der Waals surface area (Å²) in [5.41, 5.74) is 4.51. The van der Waals surface area contributed by atoms with Gasteiger partial charge in [-0.15, -0.1) is 11.3 Å². The van der Waals surface area contributed by atoms with E-state index >= 15 is 0 Å². The van der Waals surface area contributed by atoms with Gasteiger partial charge in [0, 0.05) is 29.0 Å². The zero-order chi connectivity index (χ0) is 21.4. The normalized spacial score (nSPS) is 13.2. The van der Waals surface area contributed by atoms with Crippen LogP contribution in [0.4, 0.5) is 11.4 Å². The molecule has 1 aliphatic heterocycles. The van der Waals surface area contributed by atoms with Crippen LogP contribution >= 0.6 is 11.3 Å². The molecule has 0 aliphatic carbocycles. The van der Waals surface area contributed by atoms with Gasteiger partial charge >= 0.3 is 5.97 Å². The van der Waals surface area contributed by atoms with Crippen LogP contribution in [0.5, 0.6) is 0 Å². The molecule has 3 heterocycles. The van der Waals surface area contributed by atoms with Crippen LogP contribution < -0.4 is 5.32 Å². The van der Waals surface area contributed by atoms with Crippen molar-refractivity contribution in [2.24, 2.45) is 4.99 Å². The number of carbonyl (C=O) groups excluding carboxylic acids is 1. The van der Waals surface area contributed by atoms with E-state index in [1.54, 1.807) is 0 Å². The number of nitrogens with zero attached hydrogens (tertiary/aromatic N) is 3. The van der Waals surface area contributed by atoms with Gasteiger partial charge in [0.15, 0.2) is 5.69 Å². The lowest BCUT2D eigenvalue weighted by atomic mass is 10.0. The van der Waals surface area contributed by atoms with Crippen molar-refractivity contribution in [2.45, 2.75) is 6.42 Å². The van der Waals surface area contributed by atoms with Gasteiger partial charge in [0.05, 0.1) is 23.5 Å². The largest absolute Gasteiger partial charge is 0.476 e. The van der Waals surface area contributed by atoms with Crippen molar-refractivity contribution in [1.82, 2.24) is 9.55 Å². The number of rotatable bonds is 4. The molecule has 0 unspecified atom stereocenters. The third-order valence-electron chi connectivity index (χ3n) is 4.91. The second-order valence-corrected chi connectivity index (χ2v) is 7.86. The molecule has 0 saturated carbocycles. The first-order valence-electron chi connectivity index (χ1n) is 9.51. The monoisotopic (exact) mass is 428 g/mol. The summed E-state index contributed by atoms with van der Waals surface area (Å²) in [6.07, 6.45) is 4.01. The van der Waals surface area contributed by atoms with Crippen LogP contribution in [0.1, 0.15) is 22.5 Å². The van der Waals surface area contributed by atoms with Gasteiger partial charge in [-0.2, -0.15) is 0 Å². The minimum absolute atomic E-state index is 0.0176. The number of amides is 1. The molecule has 0 fully saturated rings. The van der Waals surface area contributed by atoms with Crippen molar-refractivity contribution in [3.63, 3.8) is 0 Å². The number of fused-ring (bicyclic) bond motifs is 1. The van der Waals surface area contributed by atoms with Gasteiger partial charge < -0.3 is 15.0 Å². The molecule has 0 radical (unpaired) electrons. The number of carboxylic acid groups (broad SMARTS) is 1. The summed E-state index contributed by atoms with van der Waals surface area (Å²) in [7, 11) is 0. The Morgan fingerprint density at radius 2 is 1.87 bits per heavy atom. The van der Waals surface area contributed by atoms with Crippen molar-refractivity contribution in [3.05, 3.63) is 83.6 Å². The molecule has 1 aliphatic rings. The number of hydrogen-bond acceptors (Lipinski definition) is 5. The third kappa shape index (κ3) is 3.76. The highest BCUT2D eigenvalue weighted by Gasteiger charge is 2.19. The molecule has 7 nitrogen and oxygen atoms in total. The Hall–Kier alpha value is -4.04. The molecular formula is C23H16N4O3S. The molecule has 2 aromatic carbocycles. The number of thiazole rings is 1. The van der Waals surface area contributed by atoms with Crippen LogP contribution in [-0.4, -0.2) is 32.2 Å². The van der Waals surface area contributed by atoms with Crippen molar-refractivity contribution in [2.75, 3.05) is 5.32 Å². The summed E-state index contributed by atoms with van der Waals surface area (Å²) < 4.78 is 1.96. The quantitative estimate of drug-likeness (QED) is 0.490. The number of carbonyl (C=O) groups is 2. The van der Waals surface area contributed by atoms with Gasteiger partial charge in [0.1, 0.15) is 5.01 Å². The second kappa shape index (κ2) is 7.66. The Morgan fingerprint density at radius 1 is 1.06 bits per heavy atom. The Kier molecular flexibility index (Phi) is 4.68. The zero-order valence-corrected chi connectivity index (χ0v) is 17.0. The molecule has 0 spiro atoms. The highest BCUT2D eigenvalue weighted by atomic mass is 32.1. The molecule has 2 N–H and O–H groups in total. The Labute approximate surface area is 181 Å². The van der Waals surface area contributed by atoms with Gasteiger partial charge in [-0.05, 0) is 42.0 Å². The number of aromatic nitrogens is 2. The first-order chi connectivity index (χ1) is 15.1. The van der Waals surface area contributed by atoms with E-state index in [0.717, 1.165) is 16.8 Å². The van der Waals surface area contributed by atoms with E-state index in [2.05, 4.69) is 10.3 Å². The standard InChI is InChI=1S/C23H16N4O3S/c28-21-12-18(14-4-3-5-15(10-14)22-26-20(13-31-22)23(29)30)24-17-7-6-16(11-19(17)25-21)27-8-1-2-9-27/h1-11,13H,12H2,(H,25,28)(H,29,30). The van der Waals surface area contributed by atoms with Gasteiger partial charge in [-0.25, -0.2) is 9.78 Å². The smallest absolute Gasteiger partial charge is 0.355 e. The Balaban J connectivity index is 1.53. The fourth-order valence-corrected chi connectivity index (χ4v) is 4.21. The van der Waals surface area contributed by atoms with E-state index in [4.69, 9.17) is 10.1 Å². The third-order valence-corrected chi connectivity index (χ3v) is 5.80. The topological polar surface area (TPSA) is 96.6 Å². The molecule has 8 heteroatoms. The van der Waals surface area contributed by atoms with Crippen LogP contribution in [0.15, 0.2) is 77.4 Å². The van der Waals surface area contributed by atoms with Crippen molar-refractivity contribution in [3.8, 4) is 16.3 Å². The van der Waals surface area contributed by atoms with Gasteiger partial charge in [-0.1, -0.05) is 18.2 Å². The molecule has 31 heavy (non-hydrogen) atoms. The van der Waals surface area contributed by atoms with E-state index < -0.39 is 5.97 Å². The highest BCUT2D eigenvalue weighted by molar-refractivity contribution is 7.13. The summed E-state index contributed by atoms with van der Waals surface area (Å²) in [6.45, 7) is 0. The van der Waals surface area contributed by atoms with Crippen LogP contribution in [0.3, 0.4) is 0 Å². The van der Waals surface area contributed by atoms with Crippen LogP contribution in [0, 0.1) is 0 Å². The van der Waals surface area contributed by atoms with Crippen LogP contribution in [0.25, 0.3) is 16.3 Å². The molecule has 152 valence electrons. The van der Waals surface area contributed by atoms with Gasteiger partial charge in [0.2, 0.25) is 5.91 Å². The molecular weight excluding hydrogens is 412 g/mol. The van der Waals surface area contributed by atoms with E-state index in [1.807, 2.05) is 71.6 Å². The molecule has 5 rings (SSSR count). The number of benzene rings is 2. The maximum atomic E-state index is 12.6. The van der Waals surface area contributed by atoms with E-state index in [-0.39, 0.29) is 18.0 Å². The van der Waals surface area contributed by atoms with E-state index in [0.29, 0.717) is 22.1 Å². The van der Waals surface area contributed by atoms with E-state index in [9.17, 15) is 9.59 Å². The summed E-state index contributed by atoms with van der Waals surface area (Å²) in [5.74, 6) is -1.20. The van der Waals surface area contributed by atoms with Gasteiger partial charge in [-0.3, -0.25) is 9.79 Å². The minimum Gasteiger partial charge on any atom is -0.476 e. The van der Waals surface area contributed by atoms with Crippen molar-refractivity contribution in [1.29, 1.82) is 0 Å². The van der Waals surface area contributed by atoms with Crippen molar-refractivity contribution >= 4 is 40.3 Å². The summed E-state index contributed by atoms with van der Waals surface area (Å²) in [5, 5.41) is 14.2. The maximum absolute atomic E-state index is 12.6. The second-order valence-electron chi connectivity index (χ2n) is 7.00.